The second kappa shape index (κ2) is 8.94. The smallest absolute Gasteiger partial charge is 0.420 e. The summed E-state index contributed by atoms with van der Waals surface area (Å²) in [7, 11) is 0. The van der Waals surface area contributed by atoms with Crippen molar-refractivity contribution >= 4 is 46.4 Å². The zero-order chi connectivity index (χ0) is 25.6. The summed E-state index contributed by atoms with van der Waals surface area (Å²) in [5.74, 6) is -2.22. The van der Waals surface area contributed by atoms with E-state index in [2.05, 4.69) is 9.97 Å². The molecule has 2 aliphatic rings. The van der Waals surface area contributed by atoms with Gasteiger partial charge in [0.05, 0.1) is 0 Å². The predicted molar refractivity (Wildman–Crippen MR) is 121 cm³/mol. The highest BCUT2D eigenvalue weighted by atomic mass is 35.5. The molecule has 0 spiro atoms. The van der Waals surface area contributed by atoms with E-state index >= 15 is 0 Å². The molecule has 1 saturated heterocycles. The number of carbonyl (C=O) groups is 3. The Morgan fingerprint density at radius 1 is 0.944 bits per heavy atom. The molecule has 5 rings (SSSR count). The first-order valence-electron chi connectivity index (χ1n) is 10.8. The summed E-state index contributed by atoms with van der Waals surface area (Å²) in [6.07, 6.45) is -6.99. The normalized spacial score (nSPS) is 17.9. The fourth-order valence-electron chi connectivity index (χ4n) is 4.16. The lowest BCUT2D eigenvalue weighted by atomic mass is 10.1. The van der Waals surface area contributed by atoms with Gasteiger partial charge < -0.3 is 14.5 Å². The molecule has 4 heterocycles. The van der Waals surface area contributed by atoms with Crippen molar-refractivity contribution in [2.24, 2.45) is 0 Å². The van der Waals surface area contributed by atoms with Crippen molar-refractivity contribution < 1.29 is 32.3 Å². The van der Waals surface area contributed by atoms with Gasteiger partial charge in [-0.1, -0.05) is 29.8 Å². The van der Waals surface area contributed by atoms with Crippen molar-refractivity contribution in [1.82, 2.24) is 19.8 Å². The van der Waals surface area contributed by atoms with Crippen molar-refractivity contribution in [2.45, 2.75) is 12.4 Å². The van der Waals surface area contributed by atoms with Crippen molar-refractivity contribution in [3.8, 4) is 0 Å². The number of aromatic nitrogens is 2. The van der Waals surface area contributed by atoms with Crippen molar-refractivity contribution in [3.63, 3.8) is 0 Å². The number of hydrogen-bond donors (Lipinski definition) is 0. The van der Waals surface area contributed by atoms with Crippen LogP contribution in [0, 0.1) is 0 Å². The number of amides is 3. The number of hydrogen-bond acceptors (Lipinski definition) is 6. The molecule has 2 aromatic heterocycles. The number of benzene rings is 1. The fourth-order valence-corrected chi connectivity index (χ4v) is 4.31. The quantitative estimate of drug-likeness (QED) is 0.478. The molecule has 186 valence electrons. The number of carbonyl (C=O) groups excluding carboxylic acids is 3. The van der Waals surface area contributed by atoms with Gasteiger partial charge in [-0.2, -0.15) is 13.2 Å². The van der Waals surface area contributed by atoms with Gasteiger partial charge >= 0.3 is 18.2 Å². The maximum atomic E-state index is 13.3. The van der Waals surface area contributed by atoms with Crippen LogP contribution in [0.1, 0.15) is 22.1 Å². The number of nitrogens with zero attached hydrogens (tertiary/aromatic N) is 5. The Morgan fingerprint density at radius 3 is 2.33 bits per heavy atom. The second-order valence-corrected chi connectivity index (χ2v) is 8.51. The number of alkyl halides is 3. The number of anilines is 1. The molecule has 1 fully saturated rings. The standard InChI is InChI=1S/C23H17ClF3N5O4/c24-16-7-5-13-6-8-17(29-18(13)28-16)32-19(33)14-3-1-2-4-15(14)20(32)36-22(35)31-11-9-30(10-12-31)21(34)23(25,26)27/h1-8,20H,9-12H2. The molecule has 3 amide bonds. The van der Waals surface area contributed by atoms with E-state index in [1.54, 1.807) is 48.5 Å². The third-order valence-electron chi connectivity index (χ3n) is 5.94. The van der Waals surface area contributed by atoms with Crippen LogP contribution in [0.5, 0.6) is 0 Å². The predicted octanol–water partition coefficient (Wildman–Crippen LogP) is 3.79. The maximum Gasteiger partial charge on any atom is 0.471 e. The van der Waals surface area contributed by atoms with E-state index in [0.717, 1.165) is 0 Å². The Bertz CT molecular complexity index is 1380. The third-order valence-corrected chi connectivity index (χ3v) is 6.15. The Morgan fingerprint density at radius 2 is 1.61 bits per heavy atom. The molecule has 13 heteroatoms. The van der Waals surface area contributed by atoms with Gasteiger partial charge in [0, 0.05) is 42.7 Å². The molecule has 1 unspecified atom stereocenters. The lowest BCUT2D eigenvalue weighted by Gasteiger charge is -2.35. The molecule has 36 heavy (non-hydrogen) atoms. The summed E-state index contributed by atoms with van der Waals surface area (Å²) in [4.78, 5) is 49.3. The maximum absolute atomic E-state index is 13.3. The molecule has 0 radical (unpaired) electrons. The molecule has 1 atom stereocenters. The van der Waals surface area contributed by atoms with Gasteiger partial charge in [-0.15, -0.1) is 0 Å². The summed E-state index contributed by atoms with van der Waals surface area (Å²) in [5.41, 5.74) is 1.04. The average Bonchev–Trinajstić information content (AvgIpc) is 3.14. The molecule has 0 aliphatic carbocycles. The van der Waals surface area contributed by atoms with Gasteiger partial charge in [0.2, 0.25) is 6.23 Å². The van der Waals surface area contributed by atoms with Gasteiger partial charge in [-0.05, 0) is 30.3 Å². The highest BCUT2D eigenvalue weighted by Crippen LogP contribution is 2.38. The molecule has 0 saturated carbocycles. The van der Waals surface area contributed by atoms with Crippen LogP contribution in [0.2, 0.25) is 5.15 Å². The van der Waals surface area contributed by atoms with Gasteiger partial charge in [0.25, 0.3) is 5.91 Å². The SMILES string of the molecule is O=C(OC1c2ccccc2C(=O)N1c1ccc2ccc(Cl)nc2n1)N1CCN(C(=O)C(F)(F)F)CC1. The van der Waals surface area contributed by atoms with Crippen LogP contribution >= 0.6 is 11.6 Å². The summed E-state index contributed by atoms with van der Waals surface area (Å²) in [6.45, 7) is -0.898. The topological polar surface area (TPSA) is 95.9 Å². The van der Waals surface area contributed by atoms with E-state index in [1.165, 1.54) is 9.80 Å². The highest BCUT2D eigenvalue weighted by molar-refractivity contribution is 6.29. The minimum atomic E-state index is -4.98. The van der Waals surface area contributed by atoms with Gasteiger partial charge in [-0.3, -0.25) is 14.5 Å². The molecule has 9 nitrogen and oxygen atoms in total. The van der Waals surface area contributed by atoms with Crippen LogP contribution < -0.4 is 4.90 Å². The molecule has 1 aromatic carbocycles. The zero-order valence-electron chi connectivity index (χ0n) is 18.4. The molecule has 3 aromatic rings. The largest absolute Gasteiger partial charge is 0.471 e. The van der Waals surface area contributed by atoms with Crippen LogP contribution in [0.15, 0.2) is 48.5 Å². The summed E-state index contributed by atoms with van der Waals surface area (Å²) < 4.78 is 43.8. The van der Waals surface area contributed by atoms with E-state index in [1.807, 2.05) is 0 Å². The number of rotatable bonds is 2. The van der Waals surface area contributed by atoms with Crippen molar-refractivity contribution in [3.05, 3.63) is 64.8 Å². The summed E-state index contributed by atoms with van der Waals surface area (Å²) >= 11 is 5.98. The molecule has 0 bridgehead atoms. The summed E-state index contributed by atoms with van der Waals surface area (Å²) in [5, 5.41) is 0.904. The number of piperazine rings is 1. The molecule has 2 aliphatic heterocycles. The Balaban J connectivity index is 1.39. The van der Waals surface area contributed by atoms with Gasteiger partial charge in [0.15, 0.2) is 5.65 Å². The highest BCUT2D eigenvalue weighted by Gasteiger charge is 2.45. The number of halogens is 4. The third kappa shape index (κ3) is 4.28. The minimum Gasteiger partial charge on any atom is -0.420 e. The second-order valence-electron chi connectivity index (χ2n) is 8.13. The first-order chi connectivity index (χ1) is 17.1. The van der Waals surface area contributed by atoms with Crippen molar-refractivity contribution in [2.75, 3.05) is 31.1 Å². The van der Waals surface area contributed by atoms with Crippen LogP contribution in [0.25, 0.3) is 11.0 Å². The zero-order valence-corrected chi connectivity index (χ0v) is 19.2. The lowest BCUT2D eigenvalue weighted by molar-refractivity contribution is -0.186. The van der Waals surface area contributed by atoms with Crippen molar-refractivity contribution in [1.29, 1.82) is 0 Å². The number of ether oxygens (including phenoxy) is 1. The molecule has 0 N–H and O–H groups in total. The Kier molecular flexibility index (Phi) is 5.91. The van der Waals surface area contributed by atoms with E-state index in [-0.39, 0.29) is 37.1 Å². The first kappa shape index (κ1) is 23.8. The van der Waals surface area contributed by atoms with Gasteiger partial charge in [0.1, 0.15) is 11.0 Å². The van der Waals surface area contributed by atoms with Crippen LogP contribution in [0.3, 0.4) is 0 Å². The van der Waals surface area contributed by atoms with Gasteiger partial charge in [-0.25, -0.2) is 14.8 Å². The Hall–Kier alpha value is -3.93. The average molecular weight is 520 g/mol. The molecular weight excluding hydrogens is 503 g/mol. The monoisotopic (exact) mass is 519 g/mol. The van der Waals surface area contributed by atoms with Crippen LogP contribution in [-0.2, 0) is 9.53 Å². The first-order valence-corrected chi connectivity index (χ1v) is 11.2. The van der Waals surface area contributed by atoms with E-state index in [9.17, 15) is 27.6 Å². The minimum absolute atomic E-state index is 0.153. The molecular formula is C23H17ClF3N5O4. The fraction of sp³-hybridized carbons (Fsp3) is 0.261. The van der Waals surface area contributed by atoms with Crippen LogP contribution in [0.4, 0.5) is 23.8 Å². The Labute approximate surface area is 207 Å². The van der Waals surface area contributed by atoms with E-state index in [0.29, 0.717) is 27.1 Å². The lowest BCUT2D eigenvalue weighted by Crippen LogP contribution is -2.54. The van der Waals surface area contributed by atoms with E-state index in [4.69, 9.17) is 16.3 Å². The summed E-state index contributed by atoms with van der Waals surface area (Å²) in [6, 6.07) is 13.2. The van der Waals surface area contributed by atoms with Crippen LogP contribution in [-0.4, -0.2) is 70.0 Å². The number of fused-ring (bicyclic) bond motifs is 2. The van der Waals surface area contributed by atoms with E-state index < -0.39 is 30.3 Å². The number of pyridine rings is 2.